The number of carbonyl (C=O) groups excluding carboxylic acids is 1. The fourth-order valence-electron chi connectivity index (χ4n) is 2.97. The number of ether oxygens (including phenoxy) is 3. The monoisotopic (exact) mass is 412 g/mol. The SMILES string of the molecule is C[C@H](C[C@H](C)OC(=O)/C=C/c1ccc(O)cc1)O[C@@H]1O[C@H](CO)[C@@H](O)[C@H](O)[C@H]1O. The summed E-state index contributed by atoms with van der Waals surface area (Å²) >= 11 is 0. The number of benzene rings is 1. The van der Waals surface area contributed by atoms with Crippen molar-refractivity contribution in [3.8, 4) is 5.75 Å². The van der Waals surface area contributed by atoms with Gasteiger partial charge in [-0.3, -0.25) is 0 Å². The number of aliphatic hydroxyl groups excluding tert-OH is 4. The molecule has 1 saturated heterocycles. The van der Waals surface area contributed by atoms with Crippen molar-refractivity contribution < 1.29 is 44.5 Å². The van der Waals surface area contributed by atoms with Gasteiger partial charge in [0, 0.05) is 12.5 Å². The van der Waals surface area contributed by atoms with E-state index in [1.165, 1.54) is 18.2 Å². The number of phenols is 1. The maximum Gasteiger partial charge on any atom is 0.331 e. The zero-order valence-electron chi connectivity index (χ0n) is 16.3. The van der Waals surface area contributed by atoms with Crippen molar-refractivity contribution in [2.24, 2.45) is 0 Å². The number of rotatable bonds is 8. The van der Waals surface area contributed by atoms with Crippen LogP contribution < -0.4 is 0 Å². The molecular weight excluding hydrogens is 384 g/mol. The molecule has 0 unspecified atom stereocenters. The lowest BCUT2D eigenvalue weighted by molar-refractivity contribution is -0.311. The molecule has 1 aromatic carbocycles. The summed E-state index contributed by atoms with van der Waals surface area (Å²) in [6.07, 6.45) is -4.65. The average Bonchev–Trinajstić information content (AvgIpc) is 2.67. The number of aliphatic hydroxyl groups is 4. The average molecular weight is 412 g/mol. The van der Waals surface area contributed by atoms with Crippen LogP contribution in [0.2, 0.25) is 0 Å². The molecule has 9 nitrogen and oxygen atoms in total. The molecule has 1 heterocycles. The fraction of sp³-hybridized carbons (Fsp3) is 0.550. The van der Waals surface area contributed by atoms with Crippen LogP contribution in [0.4, 0.5) is 0 Å². The molecule has 29 heavy (non-hydrogen) atoms. The molecule has 0 spiro atoms. The van der Waals surface area contributed by atoms with Crippen molar-refractivity contribution in [2.75, 3.05) is 6.61 Å². The molecule has 1 aliphatic rings. The van der Waals surface area contributed by atoms with Gasteiger partial charge >= 0.3 is 5.97 Å². The van der Waals surface area contributed by atoms with Gasteiger partial charge in [0.1, 0.15) is 36.3 Å². The van der Waals surface area contributed by atoms with Gasteiger partial charge in [-0.05, 0) is 37.6 Å². The van der Waals surface area contributed by atoms with E-state index in [0.29, 0.717) is 0 Å². The molecule has 1 aliphatic heterocycles. The van der Waals surface area contributed by atoms with E-state index in [0.717, 1.165) is 5.56 Å². The molecule has 1 fully saturated rings. The third kappa shape index (κ3) is 6.77. The van der Waals surface area contributed by atoms with E-state index >= 15 is 0 Å². The minimum absolute atomic E-state index is 0.131. The molecule has 7 atom stereocenters. The second kappa shape index (κ2) is 10.7. The zero-order valence-corrected chi connectivity index (χ0v) is 16.3. The van der Waals surface area contributed by atoms with Crippen LogP contribution >= 0.6 is 0 Å². The van der Waals surface area contributed by atoms with Crippen molar-refractivity contribution >= 4 is 12.0 Å². The molecular formula is C20H28O9. The van der Waals surface area contributed by atoms with Gasteiger partial charge in [0.2, 0.25) is 0 Å². The van der Waals surface area contributed by atoms with Gasteiger partial charge < -0.3 is 39.7 Å². The summed E-state index contributed by atoms with van der Waals surface area (Å²) in [5.74, 6) is -0.419. The maximum absolute atomic E-state index is 11.9. The largest absolute Gasteiger partial charge is 0.508 e. The summed E-state index contributed by atoms with van der Waals surface area (Å²) in [6, 6.07) is 6.31. The Balaban J connectivity index is 1.81. The molecule has 0 aromatic heterocycles. The Hall–Kier alpha value is -2.01. The van der Waals surface area contributed by atoms with Crippen molar-refractivity contribution in [3.05, 3.63) is 35.9 Å². The van der Waals surface area contributed by atoms with Gasteiger partial charge in [-0.15, -0.1) is 0 Å². The Morgan fingerprint density at radius 1 is 1.10 bits per heavy atom. The van der Waals surface area contributed by atoms with Crippen LogP contribution in [0.1, 0.15) is 25.8 Å². The first kappa shape index (κ1) is 23.3. The molecule has 0 amide bonds. The summed E-state index contributed by atoms with van der Waals surface area (Å²) in [5.41, 5.74) is 0.728. The van der Waals surface area contributed by atoms with E-state index in [4.69, 9.17) is 14.2 Å². The minimum atomic E-state index is -1.52. The number of hydrogen-bond acceptors (Lipinski definition) is 9. The van der Waals surface area contributed by atoms with E-state index < -0.39 is 55.5 Å². The van der Waals surface area contributed by atoms with E-state index in [-0.39, 0.29) is 12.2 Å². The van der Waals surface area contributed by atoms with Gasteiger partial charge in [0.15, 0.2) is 6.29 Å². The van der Waals surface area contributed by atoms with Crippen LogP contribution in [0, 0.1) is 0 Å². The Labute approximate surface area is 168 Å². The van der Waals surface area contributed by atoms with Crippen molar-refractivity contribution in [1.82, 2.24) is 0 Å². The number of esters is 1. The van der Waals surface area contributed by atoms with Crippen molar-refractivity contribution in [3.63, 3.8) is 0 Å². The first-order chi connectivity index (χ1) is 13.7. The topological polar surface area (TPSA) is 146 Å². The highest BCUT2D eigenvalue weighted by atomic mass is 16.7. The van der Waals surface area contributed by atoms with E-state index in [1.807, 2.05) is 0 Å². The summed E-state index contributed by atoms with van der Waals surface area (Å²) in [4.78, 5) is 11.9. The van der Waals surface area contributed by atoms with Gasteiger partial charge in [0.05, 0.1) is 12.7 Å². The molecule has 0 saturated carbocycles. The summed E-state index contributed by atoms with van der Waals surface area (Å²) in [5, 5.41) is 48.0. The van der Waals surface area contributed by atoms with Crippen LogP contribution in [-0.4, -0.2) is 81.0 Å². The molecule has 2 rings (SSSR count). The minimum Gasteiger partial charge on any atom is -0.508 e. The van der Waals surface area contributed by atoms with Crippen molar-refractivity contribution in [2.45, 2.75) is 63.2 Å². The molecule has 5 N–H and O–H groups in total. The predicted molar refractivity (Wildman–Crippen MR) is 102 cm³/mol. The third-order valence-electron chi connectivity index (χ3n) is 4.50. The van der Waals surface area contributed by atoms with Crippen LogP contribution in [0.25, 0.3) is 6.08 Å². The summed E-state index contributed by atoms with van der Waals surface area (Å²) in [6.45, 7) is 2.82. The molecule has 162 valence electrons. The summed E-state index contributed by atoms with van der Waals surface area (Å²) < 4.78 is 16.1. The van der Waals surface area contributed by atoms with E-state index in [9.17, 15) is 30.3 Å². The zero-order chi connectivity index (χ0) is 21.6. The Morgan fingerprint density at radius 2 is 1.76 bits per heavy atom. The maximum atomic E-state index is 11.9. The van der Waals surface area contributed by atoms with Crippen molar-refractivity contribution in [1.29, 1.82) is 0 Å². The van der Waals surface area contributed by atoms with Crippen LogP contribution in [0.5, 0.6) is 5.75 Å². The molecule has 0 radical (unpaired) electrons. The second-order valence-corrected chi connectivity index (χ2v) is 7.05. The second-order valence-electron chi connectivity index (χ2n) is 7.05. The highest BCUT2D eigenvalue weighted by Crippen LogP contribution is 2.24. The van der Waals surface area contributed by atoms with Gasteiger partial charge in [-0.25, -0.2) is 4.79 Å². The number of hydrogen-bond donors (Lipinski definition) is 5. The van der Waals surface area contributed by atoms with Gasteiger partial charge in [-0.2, -0.15) is 0 Å². The van der Waals surface area contributed by atoms with Gasteiger partial charge in [0.25, 0.3) is 0 Å². The Kier molecular flexibility index (Phi) is 8.57. The normalized spacial score (nSPS) is 29.5. The smallest absolute Gasteiger partial charge is 0.331 e. The highest BCUT2D eigenvalue weighted by Gasteiger charge is 2.44. The standard InChI is InChI=1S/C20H28O9/c1-11(27-16(23)8-5-13-3-6-14(22)7-4-13)9-12(2)28-20-19(26)18(25)17(24)15(10-21)29-20/h3-8,11-12,15,17-22,24-26H,9-10H2,1-2H3/b8-5+/t11-,12+,15+,17+,18-,19+,20+/m0/s1. The molecule has 0 bridgehead atoms. The molecule has 9 heteroatoms. The van der Waals surface area contributed by atoms with Crippen LogP contribution in [0.3, 0.4) is 0 Å². The number of aromatic hydroxyl groups is 1. The Morgan fingerprint density at radius 3 is 2.38 bits per heavy atom. The highest BCUT2D eigenvalue weighted by molar-refractivity contribution is 5.87. The first-order valence-electron chi connectivity index (χ1n) is 9.35. The van der Waals surface area contributed by atoms with Crippen LogP contribution in [0.15, 0.2) is 30.3 Å². The van der Waals surface area contributed by atoms with Gasteiger partial charge in [-0.1, -0.05) is 12.1 Å². The lowest BCUT2D eigenvalue weighted by Gasteiger charge is -2.40. The van der Waals surface area contributed by atoms with E-state index in [1.54, 1.807) is 32.1 Å². The first-order valence-corrected chi connectivity index (χ1v) is 9.35. The van der Waals surface area contributed by atoms with E-state index in [2.05, 4.69) is 0 Å². The third-order valence-corrected chi connectivity index (χ3v) is 4.50. The number of carbonyl (C=O) groups is 1. The Bertz CT molecular complexity index is 673. The lowest BCUT2D eigenvalue weighted by Crippen LogP contribution is -2.59. The summed E-state index contributed by atoms with van der Waals surface area (Å²) in [7, 11) is 0. The predicted octanol–water partition coefficient (Wildman–Crippen LogP) is -0.0678. The quantitative estimate of drug-likeness (QED) is 0.292. The molecule has 0 aliphatic carbocycles. The fourth-order valence-corrected chi connectivity index (χ4v) is 2.97. The lowest BCUT2D eigenvalue weighted by atomic mass is 9.99. The van der Waals surface area contributed by atoms with Crippen LogP contribution in [-0.2, 0) is 19.0 Å². The number of phenolic OH excluding ortho intramolecular Hbond substituents is 1. The molecule has 1 aromatic rings.